The van der Waals surface area contributed by atoms with Gasteiger partial charge in [0, 0.05) is 25.2 Å². The Kier molecular flexibility index (Phi) is 8.16. The van der Waals surface area contributed by atoms with Crippen LogP contribution in [-0.4, -0.2) is 40.2 Å². The number of benzene rings is 1. The molecule has 1 aliphatic heterocycles. The molecule has 142 valence electrons. The van der Waals surface area contributed by atoms with Gasteiger partial charge in [-0.2, -0.15) is 0 Å². The van der Waals surface area contributed by atoms with Crippen molar-refractivity contribution in [2.24, 2.45) is 4.99 Å². The van der Waals surface area contributed by atoms with Crippen LogP contribution in [-0.2, 0) is 9.59 Å². The molecule has 0 saturated carbocycles. The average Bonchev–Trinajstić information content (AvgIpc) is 2.90. The number of amidine groups is 1. The van der Waals surface area contributed by atoms with Crippen LogP contribution in [0, 0.1) is 6.92 Å². The topological polar surface area (TPSA) is 61.8 Å². The number of rotatable bonds is 9. The lowest BCUT2D eigenvalue weighted by atomic mass is 10.2. The lowest BCUT2D eigenvalue weighted by Gasteiger charge is -2.15. The Morgan fingerprint density at radius 1 is 1.19 bits per heavy atom. The Morgan fingerprint density at radius 2 is 1.88 bits per heavy atom. The van der Waals surface area contributed by atoms with Gasteiger partial charge in [0.1, 0.15) is 5.25 Å². The van der Waals surface area contributed by atoms with Gasteiger partial charge < -0.3 is 5.32 Å². The second-order valence-corrected chi connectivity index (χ2v) is 7.76. The Hall–Kier alpha value is -1.82. The van der Waals surface area contributed by atoms with Gasteiger partial charge in [0.15, 0.2) is 5.17 Å². The van der Waals surface area contributed by atoms with E-state index < -0.39 is 0 Å². The van der Waals surface area contributed by atoms with E-state index in [2.05, 4.69) is 24.2 Å². The molecule has 0 aliphatic carbocycles. The third kappa shape index (κ3) is 5.87. The second kappa shape index (κ2) is 10.4. The first-order chi connectivity index (χ1) is 12.5. The SMILES string of the molecule is CCCCN=C1S[C@@H](CC(=O)Nc2ccc(C)cc2)C(=O)N1CCCC. The summed E-state index contributed by atoms with van der Waals surface area (Å²) in [5, 5.41) is 3.28. The van der Waals surface area contributed by atoms with Crippen LogP contribution in [0.3, 0.4) is 0 Å². The molecule has 26 heavy (non-hydrogen) atoms. The van der Waals surface area contributed by atoms with Crippen LogP contribution in [0.4, 0.5) is 5.69 Å². The molecule has 1 heterocycles. The van der Waals surface area contributed by atoms with E-state index in [9.17, 15) is 9.59 Å². The van der Waals surface area contributed by atoms with Gasteiger partial charge in [-0.3, -0.25) is 19.5 Å². The van der Waals surface area contributed by atoms with Crippen LogP contribution in [0.2, 0.25) is 0 Å². The minimum atomic E-state index is -0.377. The molecule has 1 fully saturated rings. The summed E-state index contributed by atoms with van der Waals surface area (Å²) in [6, 6.07) is 7.66. The van der Waals surface area contributed by atoms with E-state index >= 15 is 0 Å². The number of aryl methyl sites for hydroxylation is 1. The quantitative estimate of drug-likeness (QED) is 0.657. The summed E-state index contributed by atoms with van der Waals surface area (Å²) in [6.07, 6.45) is 4.23. The van der Waals surface area contributed by atoms with E-state index in [1.165, 1.54) is 11.8 Å². The molecular formula is C20H29N3O2S. The van der Waals surface area contributed by atoms with E-state index in [1.807, 2.05) is 31.2 Å². The molecule has 1 N–H and O–H groups in total. The van der Waals surface area contributed by atoms with Gasteiger partial charge in [0.25, 0.3) is 0 Å². The van der Waals surface area contributed by atoms with Crippen molar-refractivity contribution in [2.75, 3.05) is 18.4 Å². The van der Waals surface area contributed by atoms with Gasteiger partial charge >= 0.3 is 0 Å². The summed E-state index contributed by atoms with van der Waals surface area (Å²) in [4.78, 5) is 31.5. The number of carbonyl (C=O) groups excluding carboxylic acids is 2. The molecule has 1 aromatic carbocycles. The third-order valence-electron chi connectivity index (χ3n) is 4.22. The van der Waals surface area contributed by atoms with Crippen LogP contribution in [0.5, 0.6) is 0 Å². The molecule has 1 saturated heterocycles. The molecule has 1 aromatic rings. The molecule has 6 heteroatoms. The number of unbranched alkanes of at least 4 members (excludes halogenated alkanes) is 2. The molecule has 5 nitrogen and oxygen atoms in total. The Labute approximate surface area is 160 Å². The Balaban J connectivity index is 1.98. The maximum atomic E-state index is 12.7. The molecule has 0 spiro atoms. The van der Waals surface area contributed by atoms with Crippen molar-refractivity contribution in [1.29, 1.82) is 0 Å². The van der Waals surface area contributed by atoms with Crippen molar-refractivity contribution < 1.29 is 9.59 Å². The van der Waals surface area contributed by atoms with Gasteiger partial charge in [-0.25, -0.2) is 0 Å². The van der Waals surface area contributed by atoms with Crippen molar-refractivity contribution in [3.8, 4) is 0 Å². The normalized spacial score (nSPS) is 18.6. The second-order valence-electron chi connectivity index (χ2n) is 6.59. The van der Waals surface area contributed by atoms with Crippen molar-refractivity contribution in [3.05, 3.63) is 29.8 Å². The zero-order chi connectivity index (χ0) is 18.9. The number of nitrogens with one attached hydrogen (secondary N) is 1. The number of carbonyl (C=O) groups is 2. The van der Waals surface area contributed by atoms with E-state index in [0.29, 0.717) is 6.54 Å². The summed E-state index contributed by atoms with van der Waals surface area (Å²) in [6.45, 7) is 7.65. The number of thioether (sulfide) groups is 1. The monoisotopic (exact) mass is 375 g/mol. The summed E-state index contributed by atoms with van der Waals surface area (Å²) in [5.41, 5.74) is 1.90. The number of hydrogen-bond acceptors (Lipinski definition) is 4. The molecule has 1 atom stereocenters. The number of amides is 2. The Bertz CT molecular complexity index is 643. The lowest BCUT2D eigenvalue weighted by Crippen LogP contribution is -2.34. The lowest BCUT2D eigenvalue weighted by molar-refractivity contribution is -0.128. The van der Waals surface area contributed by atoms with Crippen molar-refractivity contribution in [2.45, 2.75) is 58.1 Å². The van der Waals surface area contributed by atoms with E-state index in [0.717, 1.165) is 48.6 Å². The fraction of sp³-hybridized carbons (Fsp3) is 0.550. The summed E-state index contributed by atoms with van der Waals surface area (Å²) >= 11 is 1.43. The number of aliphatic imine (C=N–C) groups is 1. The minimum absolute atomic E-state index is 0.0118. The van der Waals surface area contributed by atoms with Gasteiger partial charge in [0.05, 0.1) is 0 Å². The van der Waals surface area contributed by atoms with E-state index in [1.54, 1.807) is 4.90 Å². The molecule has 0 unspecified atom stereocenters. The largest absolute Gasteiger partial charge is 0.326 e. The Morgan fingerprint density at radius 3 is 2.54 bits per heavy atom. The number of nitrogens with zero attached hydrogens (tertiary/aromatic N) is 2. The number of anilines is 1. The molecule has 0 radical (unpaired) electrons. The van der Waals surface area contributed by atoms with Crippen molar-refractivity contribution in [3.63, 3.8) is 0 Å². The standard InChI is InChI=1S/C20H29N3O2S/c1-4-6-12-21-20-23(13-7-5-2)19(25)17(26-20)14-18(24)22-16-10-8-15(3)9-11-16/h8-11,17H,4-7,12-14H2,1-3H3,(H,22,24)/t17-/m0/s1. The highest BCUT2D eigenvalue weighted by atomic mass is 32.2. The van der Waals surface area contributed by atoms with Gasteiger partial charge in [0.2, 0.25) is 11.8 Å². The van der Waals surface area contributed by atoms with Crippen LogP contribution < -0.4 is 5.32 Å². The first-order valence-electron chi connectivity index (χ1n) is 9.44. The van der Waals surface area contributed by atoms with Crippen LogP contribution in [0.25, 0.3) is 0 Å². The van der Waals surface area contributed by atoms with Gasteiger partial charge in [-0.1, -0.05) is 56.1 Å². The van der Waals surface area contributed by atoms with Crippen LogP contribution in [0.1, 0.15) is 51.5 Å². The summed E-state index contributed by atoms with van der Waals surface area (Å²) in [7, 11) is 0. The van der Waals surface area contributed by atoms with E-state index in [4.69, 9.17) is 0 Å². The fourth-order valence-corrected chi connectivity index (χ4v) is 3.82. The number of hydrogen-bond donors (Lipinski definition) is 1. The predicted molar refractivity (Wildman–Crippen MR) is 110 cm³/mol. The van der Waals surface area contributed by atoms with Crippen LogP contribution in [0.15, 0.2) is 29.3 Å². The summed E-state index contributed by atoms with van der Waals surface area (Å²) in [5.74, 6) is -0.122. The highest BCUT2D eigenvalue weighted by Crippen LogP contribution is 2.30. The third-order valence-corrected chi connectivity index (χ3v) is 5.43. The average molecular weight is 376 g/mol. The maximum absolute atomic E-state index is 12.7. The van der Waals surface area contributed by atoms with E-state index in [-0.39, 0.29) is 23.5 Å². The van der Waals surface area contributed by atoms with Crippen LogP contribution >= 0.6 is 11.8 Å². The smallest absolute Gasteiger partial charge is 0.242 e. The van der Waals surface area contributed by atoms with Crippen molar-refractivity contribution >= 4 is 34.4 Å². The minimum Gasteiger partial charge on any atom is -0.326 e. The molecule has 2 amide bonds. The molecule has 0 bridgehead atoms. The first kappa shape index (κ1) is 20.5. The van der Waals surface area contributed by atoms with Crippen molar-refractivity contribution in [1.82, 2.24) is 4.90 Å². The van der Waals surface area contributed by atoms with Gasteiger partial charge in [-0.05, 0) is 31.9 Å². The van der Waals surface area contributed by atoms with Gasteiger partial charge in [-0.15, -0.1) is 0 Å². The maximum Gasteiger partial charge on any atom is 0.242 e. The zero-order valence-electron chi connectivity index (χ0n) is 16.0. The molecule has 2 rings (SSSR count). The highest BCUT2D eigenvalue weighted by molar-refractivity contribution is 8.15. The first-order valence-corrected chi connectivity index (χ1v) is 10.3. The molecular weight excluding hydrogens is 346 g/mol. The predicted octanol–water partition coefficient (Wildman–Crippen LogP) is 4.22. The summed E-state index contributed by atoms with van der Waals surface area (Å²) < 4.78 is 0. The molecule has 1 aliphatic rings. The highest BCUT2D eigenvalue weighted by Gasteiger charge is 2.38. The fourth-order valence-electron chi connectivity index (χ4n) is 2.63. The zero-order valence-corrected chi connectivity index (χ0v) is 16.8. The molecule has 0 aromatic heterocycles.